The van der Waals surface area contributed by atoms with E-state index >= 15 is 0 Å². The molecule has 20 heavy (non-hydrogen) atoms. The summed E-state index contributed by atoms with van der Waals surface area (Å²) in [7, 11) is 0. The lowest BCUT2D eigenvalue weighted by Crippen LogP contribution is -2.34. The van der Waals surface area contributed by atoms with Crippen LogP contribution >= 0.6 is 0 Å². The number of rotatable bonds is 2. The summed E-state index contributed by atoms with van der Waals surface area (Å²) >= 11 is 0. The summed E-state index contributed by atoms with van der Waals surface area (Å²) < 4.78 is 0. The molecule has 2 fully saturated rings. The van der Waals surface area contributed by atoms with Crippen LogP contribution in [-0.4, -0.2) is 23.1 Å². The summed E-state index contributed by atoms with van der Waals surface area (Å²) in [4.78, 5) is 11.3. The molecule has 0 bridgehead atoms. The molecule has 1 aliphatic heterocycles. The molecule has 0 amide bonds. The zero-order chi connectivity index (χ0) is 13.8. The van der Waals surface area contributed by atoms with Crippen LogP contribution in [0.4, 0.5) is 5.95 Å². The molecule has 0 spiro atoms. The topological polar surface area (TPSA) is 52.8 Å². The molecule has 1 saturated carbocycles. The molecule has 2 aliphatic rings. The second-order valence-electron chi connectivity index (χ2n) is 6.04. The van der Waals surface area contributed by atoms with E-state index in [1.807, 2.05) is 12.4 Å². The third kappa shape index (κ3) is 2.92. The molecule has 0 atom stereocenters. The molecule has 0 aromatic carbocycles. The van der Waals surface area contributed by atoms with Gasteiger partial charge in [-0.3, -0.25) is 0 Å². The van der Waals surface area contributed by atoms with Gasteiger partial charge in [-0.25, -0.2) is 9.97 Å². The van der Waals surface area contributed by atoms with Gasteiger partial charge in [-0.1, -0.05) is 19.3 Å². The molecular formula is C16H22N4. The van der Waals surface area contributed by atoms with Gasteiger partial charge >= 0.3 is 0 Å². The van der Waals surface area contributed by atoms with Gasteiger partial charge in [0.05, 0.1) is 6.07 Å². The molecule has 1 aromatic heterocycles. The molecule has 0 radical (unpaired) electrons. The van der Waals surface area contributed by atoms with Crippen LogP contribution in [0.5, 0.6) is 0 Å². The van der Waals surface area contributed by atoms with Gasteiger partial charge < -0.3 is 4.90 Å². The van der Waals surface area contributed by atoms with E-state index < -0.39 is 0 Å². The average molecular weight is 270 g/mol. The number of hydrogen-bond donors (Lipinski definition) is 0. The van der Waals surface area contributed by atoms with E-state index in [0.717, 1.165) is 31.9 Å². The lowest BCUT2D eigenvalue weighted by Gasteiger charge is -2.29. The minimum atomic E-state index is 0.216. The Bertz CT molecular complexity index is 462. The predicted molar refractivity (Wildman–Crippen MR) is 78.4 cm³/mol. The Kier molecular flexibility index (Phi) is 4.15. The highest BCUT2D eigenvalue weighted by Gasteiger charge is 2.21. The molecule has 0 unspecified atom stereocenters. The third-order valence-corrected chi connectivity index (χ3v) is 4.70. The standard InChI is InChI=1S/C16H22N4/c17-10-13-6-8-20(9-7-13)16-18-11-15(12-19-16)14-4-2-1-3-5-14/h11-14H,1-9H2. The molecule has 4 nitrogen and oxygen atoms in total. The Morgan fingerprint density at radius 2 is 1.65 bits per heavy atom. The smallest absolute Gasteiger partial charge is 0.225 e. The number of piperidine rings is 1. The van der Waals surface area contributed by atoms with Crippen molar-refractivity contribution in [1.29, 1.82) is 5.26 Å². The van der Waals surface area contributed by atoms with Gasteiger partial charge in [0.15, 0.2) is 0 Å². The maximum Gasteiger partial charge on any atom is 0.225 e. The normalized spacial score (nSPS) is 21.6. The first-order valence-corrected chi connectivity index (χ1v) is 7.83. The Labute approximate surface area is 120 Å². The van der Waals surface area contributed by atoms with E-state index in [4.69, 9.17) is 5.26 Å². The summed E-state index contributed by atoms with van der Waals surface area (Å²) in [6, 6.07) is 2.36. The summed E-state index contributed by atoms with van der Waals surface area (Å²) in [5.41, 5.74) is 1.31. The monoisotopic (exact) mass is 270 g/mol. The van der Waals surface area contributed by atoms with E-state index in [-0.39, 0.29) is 5.92 Å². The average Bonchev–Trinajstić information content (AvgIpc) is 2.56. The number of nitriles is 1. The largest absolute Gasteiger partial charge is 0.341 e. The van der Waals surface area contributed by atoms with E-state index in [2.05, 4.69) is 20.9 Å². The van der Waals surface area contributed by atoms with E-state index in [1.165, 1.54) is 37.7 Å². The minimum Gasteiger partial charge on any atom is -0.341 e. The van der Waals surface area contributed by atoms with Crippen molar-refractivity contribution in [3.8, 4) is 6.07 Å². The first-order valence-electron chi connectivity index (χ1n) is 7.83. The number of aromatic nitrogens is 2. The number of anilines is 1. The highest BCUT2D eigenvalue weighted by molar-refractivity contribution is 5.31. The molecule has 1 aliphatic carbocycles. The van der Waals surface area contributed by atoms with Crippen molar-refractivity contribution >= 4 is 5.95 Å². The molecule has 3 rings (SSSR count). The van der Waals surface area contributed by atoms with Gasteiger partial charge in [0, 0.05) is 31.4 Å². The van der Waals surface area contributed by atoms with E-state index in [1.54, 1.807) is 0 Å². The van der Waals surface area contributed by atoms with Gasteiger partial charge in [0.2, 0.25) is 5.95 Å². The van der Waals surface area contributed by atoms with Crippen LogP contribution < -0.4 is 4.90 Å². The highest BCUT2D eigenvalue weighted by atomic mass is 15.2. The fourth-order valence-corrected chi connectivity index (χ4v) is 3.35. The first kappa shape index (κ1) is 13.4. The Balaban J connectivity index is 1.63. The molecule has 4 heteroatoms. The van der Waals surface area contributed by atoms with Gasteiger partial charge in [-0.2, -0.15) is 5.26 Å². The van der Waals surface area contributed by atoms with Crippen molar-refractivity contribution in [3.05, 3.63) is 18.0 Å². The maximum absolute atomic E-state index is 8.93. The molecular weight excluding hydrogens is 248 g/mol. The summed E-state index contributed by atoms with van der Waals surface area (Å²) in [6.07, 6.45) is 12.6. The predicted octanol–water partition coefficient (Wildman–Crippen LogP) is 3.26. The molecule has 1 saturated heterocycles. The first-order chi connectivity index (χ1) is 9.86. The number of hydrogen-bond acceptors (Lipinski definition) is 4. The quantitative estimate of drug-likeness (QED) is 0.827. The lowest BCUT2D eigenvalue weighted by atomic mass is 9.85. The van der Waals surface area contributed by atoms with Gasteiger partial charge in [-0.15, -0.1) is 0 Å². The molecule has 106 valence electrons. The molecule has 1 aromatic rings. The van der Waals surface area contributed by atoms with Crippen LogP contribution in [0.25, 0.3) is 0 Å². The summed E-state index contributed by atoms with van der Waals surface area (Å²) in [5.74, 6) is 1.72. The minimum absolute atomic E-state index is 0.216. The van der Waals surface area contributed by atoms with Crippen LogP contribution in [0.3, 0.4) is 0 Å². The Morgan fingerprint density at radius 1 is 1.00 bits per heavy atom. The second kappa shape index (κ2) is 6.21. The fourth-order valence-electron chi connectivity index (χ4n) is 3.35. The fraction of sp³-hybridized carbons (Fsp3) is 0.688. The van der Waals surface area contributed by atoms with Crippen LogP contribution in [0.1, 0.15) is 56.4 Å². The summed E-state index contributed by atoms with van der Waals surface area (Å²) in [5, 5.41) is 8.93. The zero-order valence-corrected chi connectivity index (χ0v) is 12.0. The van der Waals surface area contributed by atoms with Crippen molar-refractivity contribution < 1.29 is 0 Å². The van der Waals surface area contributed by atoms with Gasteiger partial charge in [0.1, 0.15) is 0 Å². The Morgan fingerprint density at radius 3 is 2.25 bits per heavy atom. The molecule has 2 heterocycles. The van der Waals surface area contributed by atoms with Crippen molar-refractivity contribution in [1.82, 2.24) is 9.97 Å². The van der Waals surface area contributed by atoms with Crippen molar-refractivity contribution in [2.75, 3.05) is 18.0 Å². The van der Waals surface area contributed by atoms with Crippen molar-refractivity contribution in [3.63, 3.8) is 0 Å². The maximum atomic E-state index is 8.93. The van der Waals surface area contributed by atoms with Crippen LogP contribution in [-0.2, 0) is 0 Å². The Hall–Kier alpha value is -1.63. The zero-order valence-electron chi connectivity index (χ0n) is 12.0. The van der Waals surface area contributed by atoms with Crippen LogP contribution in [0, 0.1) is 17.2 Å². The van der Waals surface area contributed by atoms with Crippen LogP contribution in [0.15, 0.2) is 12.4 Å². The van der Waals surface area contributed by atoms with Crippen molar-refractivity contribution in [2.24, 2.45) is 5.92 Å². The SMILES string of the molecule is N#CC1CCN(c2ncc(C3CCCCC3)cn2)CC1. The van der Waals surface area contributed by atoms with E-state index in [9.17, 15) is 0 Å². The van der Waals surface area contributed by atoms with Crippen LogP contribution in [0.2, 0.25) is 0 Å². The van der Waals surface area contributed by atoms with E-state index in [0.29, 0.717) is 5.92 Å². The number of nitrogens with zero attached hydrogens (tertiary/aromatic N) is 4. The third-order valence-electron chi connectivity index (χ3n) is 4.70. The molecule has 0 N–H and O–H groups in total. The lowest BCUT2D eigenvalue weighted by molar-refractivity contribution is 0.441. The second-order valence-corrected chi connectivity index (χ2v) is 6.04. The van der Waals surface area contributed by atoms with Gasteiger partial charge in [0.25, 0.3) is 0 Å². The summed E-state index contributed by atoms with van der Waals surface area (Å²) in [6.45, 7) is 1.81. The van der Waals surface area contributed by atoms with Crippen molar-refractivity contribution in [2.45, 2.75) is 50.9 Å². The highest BCUT2D eigenvalue weighted by Crippen LogP contribution is 2.32. The van der Waals surface area contributed by atoms with Gasteiger partial charge in [-0.05, 0) is 37.2 Å².